The zero-order valence-electron chi connectivity index (χ0n) is 34.1. The molecule has 0 bridgehead atoms. The lowest BCUT2D eigenvalue weighted by atomic mass is 9.70. The Morgan fingerprint density at radius 1 is 0.403 bits per heavy atom. The molecule has 2 heterocycles. The van der Waals surface area contributed by atoms with E-state index >= 15 is 0 Å². The van der Waals surface area contributed by atoms with E-state index in [1.807, 2.05) is 17.4 Å². The number of hydrogen-bond acceptors (Lipinski definition) is 4. The molecule has 3 nitrogen and oxygen atoms in total. The van der Waals surface area contributed by atoms with Gasteiger partial charge in [-0.25, -0.2) is 0 Å². The summed E-state index contributed by atoms with van der Waals surface area (Å²) in [5.74, 6) is 2.81. The highest BCUT2D eigenvalue weighted by atomic mass is 32.1. The van der Waals surface area contributed by atoms with Crippen LogP contribution in [0.1, 0.15) is 47.2 Å². The first-order valence-corrected chi connectivity index (χ1v) is 22.2. The Hall–Kier alpha value is -7.40. The van der Waals surface area contributed by atoms with Gasteiger partial charge in [-0.3, -0.25) is 0 Å². The van der Waals surface area contributed by atoms with Gasteiger partial charge in [-0.2, -0.15) is 0 Å². The maximum absolute atomic E-state index is 7.25. The third-order valence-corrected chi connectivity index (χ3v) is 15.4. The Morgan fingerprint density at radius 3 is 1.71 bits per heavy atom. The average molecular weight is 812 g/mol. The van der Waals surface area contributed by atoms with Crippen LogP contribution in [0.5, 0.6) is 23.0 Å². The third-order valence-electron chi connectivity index (χ3n) is 14.1. The standard InChI is InChI=1S/C58H37NO2S/c1-57(2)43-21-8-3-15-35(43)39-30-29-34(31-47(39)57)59(50-26-13-20-41-40-19-7-12-28-54(40)62-56(41)50)49-25-14-27-51-55(49)61-52-32-42-38-18-6-11-24-46(38)58(48(42)33-53(52)60-51)44-22-9-4-16-36(44)37-17-5-10-23-45(37)58/h3-33H,1-2H3. The van der Waals surface area contributed by atoms with Crippen LogP contribution in [-0.4, -0.2) is 0 Å². The molecule has 0 radical (unpaired) electrons. The summed E-state index contributed by atoms with van der Waals surface area (Å²) in [4.78, 5) is 2.40. The number of thiophene rings is 1. The lowest BCUT2D eigenvalue weighted by molar-refractivity contribution is 0.360. The zero-order chi connectivity index (χ0) is 40.9. The Kier molecular flexibility index (Phi) is 6.71. The van der Waals surface area contributed by atoms with Gasteiger partial charge in [0.15, 0.2) is 23.0 Å². The SMILES string of the molecule is CC1(C)c2ccccc2-c2ccc(N(c3cccc4c3Oc3cc5c(cc3O4)C3(c4ccccc4-c4ccccc43)c3ccccc3-5)c3cccc4c3sc3ccccc34)cc21. The Morgan fingerprint density at radius 2 is 0.968 bits per heavy atom. The molecule has 0 amide bonds. The molecule has 1 spiro atoms. The molecular formula is C58H37NO2S. The van der Waals surface area contributed by atoms with E-state index in [1.54, 1.807) is 0 Å². The summed E-state index contributed by atoms with van der Waals surface area (Å²) in [7, 11) is 0. The molecule has 0 fully saturated rings. The van der Waals surface area contributed by atoms with E-state index in [-0.39, 0.29) is 5.41 Å². The van der Waals surface area contributed by atoms with Crippen LogP contribution in [0.3, 0.4) is 0 Å². The van der Waals surface area contributed by atoms with Gasteiger partial charge in [0.2, 0.25) is 0 Å². The van der Waals surface area contributed by atoms with E-state index < -0.39 is 5.41 Å². The summed E-state index contributed by atoms with van der Waals surface area (Å²) in [6.45, 7) is 4.69. The van der Waals surface area contributed by atoms with Crippen molar-refractivity contribution in [2.45, 2.75) is 24.7 Å². The number of ether oxygens (including phenoxy) is 2. The summed E-state index contributed by atoms with van der Waals surface area (Å²) in [6.07, 6.45) is 0. The maximum atomic E-state index is 7.25. The van der Waals surface area contributed by atoms with Gasteiger partial charge in [0.05, 0.1) is 21.5 Å². The lowest BCUT2D eigenvalue weighted by Crippen LogP contribution is -2.25. The summed E-state index contributed by atoms with van der Waals surface area (Å²) < 4.78 is 16.8. The van der Waals surface area contributed by atoms with Gasteiger partial charge < -0.3 is 14.4 Å². The van der Waals surface area contributed by atoms with Crippen LogP contribution in [0.25, 0.3) is 53.6 Å². The van der Waals surface area contributed by atoms with Crippen molar-refractivity contribution in [2.75, 3.05) is 4.90 Å². The van der Waals surface area contributed by atoms with Gasteiger partial charge in [0, 0.05) is 26.6 Å². The van der Waals surface area contributed by atoms with Crippen molar-refractivity contribution < 1.29 is 9.47 Å². The normalized spacial score (nSPS) is 14.8. The summed E-state index contributed by atoms with van der Waals surface area (Å²) in [5, 5.41) is 2.51. The van der Waals surface area contributed by atoms with Crippen LogP contribution in [-0.2, 0) is 10.8 Å². The first kappa shape index (κ1) is 34.3. The van der Waals surface area contributed by atoms with Crippen LogP contribution in [0.2, 0.25) is 0 Å². The number of hydrogen-bond donors (Lipinski definition) is 0. The van der Waals surface area contributed by atoms with E-state index in [2.05, 4.69) is 201 Å². The third kappa shape index (κ3) is 4.29. The molecule has 292 valence electrons. The second-order valence-corrected chi connectivity index (χ2v) is 18.6. The smallest absolute Gasteiger partial charge is 0.194 e. The van der Waals surface area contributed by atoms with E-state index in [1.165, 1.54) is 86.9 Å². The number of para-hydroxylation sites is 1. The van der Waals surface area contributed by atoms with Crippen LogP contribution in [0.15, 0.2) is 188 Å². The fraction of sp³-hybridized carbons (Fsp3) is 0.0690. The largest absolute Gasteiger partial charge is 0.449 e. The topological polar surface area (TPSA) is 21.7 Å². The van der Waals surface area contributed by atoms with Gasteiger partial charge in [-0.1, -0.05) is 153 Å². The van der Waals surface area contributed by atoms with Gasteiger partial charge >= 0.3 is 0 Å². The second-order valence-electron chi connectivity index (χ2n) is 17.5. The number of nitrogens with zero attached hydrogens (tertiary/aromatic N) is 1. The van der Waals surface area contributed by atoms with Crippen molar-refractivity contribution in [2.24, 2.45) is 0 Å². The minimum Gasteiger partial charge on any atom is -0.449 e. The molecule has 0 atom stereocenters. The number of fused-ring (bicyclic) bond motifs is 18. The minimum atomic E-state index is -0.472. The Bertz CT molecular complexity index is 3550. The van der Waals surface area contributed by atoms with Crippen LogP contribution >= 0.6 is 11.3 Å². The predicted octanol–water partition coefficient (Wildman–Crippen LogP) is 16.1. The zero-order valence-corrected chi connectivity index (χ0v) is 34.9. The molecule has 4 heteroatoms. The molecule has 10 aromatic rings. The second kappa shape index (κ2) is 12.1. The van der Waals surface area contributed by atoms with E-state index in [9.17, 15) is 0 Å². The number of anilines is 3. The molecule has 0 unspecified atom stereocenters. The highest BCUT2D eigenvalue weighted by molar-refractivity contribution is 7.26. The predicted molar refractivity (Wildman–Crippen MR) is 254 cm³/mol. The first-order chi connectivity index (χ1) is 30.5. The minimum absolute atomic E-state index is 0.166. The van der Waals surface area contributed by atoms with Crippen molar-refractivity contribution in [3.8, 4) is 56.4 Å². The van der Waals surface area contributed by atoms with Crippen molar-refractivity contribution in [1.82, 2.24) is 0 Å². The number of benzene rings is 9. The number of rotatable bonds is 3. The van der Waals surface area contributed by atoms with Gasteiger partial charge in [-0.05, 0) is 115 Å². The highest BCUT2D eigenvalue weighted by Crippen LogP contribution is 2.65. The molecule has 0 saturated heterocycles. The van der Waals surface area contributed by atoms with Crippen molar-refractivity contribution in [1.29, 1.82) is 0 Å². The Labute approximate surface area is 363 Å². The molecular weight excluding hydrogens is 775 g/mol. The van der Waals surface area contributed by atoms with E-state index in [4.69, 9.17) is 9.47 Å². The quantitative estimate of drug-likeness (QED) is 0.177. The van der Waals surface area contributed by atoms with E-state index in [0.29, 0.717) is 17.2 Å². The first-order valence-electron chi connectivity index (χ1n) is 21.4. The summed E-state index contributed by atoms with van der Waals surface area (Å²) in [6, 6.07) is 68.8. The highest BCUT2D eigenvalue weighted by Gasteiger charge is 2.52. The molecule has 14 rings (SSSR count). The molecule has 9 aromatic carbocycles. The van der Waals surface area contributed by atoms with E-state index in [0.717, 1.165) is 22.8 Å². The summed E-state index contributed by atoms with van der Waals surface area (Å²) in [5.41, 5.74) is 17.8. The molecule has 4 aliphatic rings. The van der Waals surface area contributed by atoms with Crippen molar-refractivity contribution in [3.63, 3.8) is 0 Å². The van der Waals surface area contributed by atoms with Gasteiger partial charge in [0.25, 0.3) is 0 Å². The fourth-order valence-corrected chi connectivity index (χ4v) is 12.7. The van der Waals surface area contributed by atoms with Crippen LogP contribution < -0.4 is 14.4 Å². The van der Waals surface area contributed by atoms with Crippen molar-refractivity contribution in [3.05, 3.63) is 221 Å². The Balaban J connectivity index is 0.975. The van der Waals surface area contributed by atoms with Crippen molar-refractivity contribution >= 4 is 48.6 Å². The van der Waals surface area contributed by atoms with Crippen LogP contribution in [0.4, 0.5) is 17.1 Å². The molecule has 1 aliphatic heterocycles. The molecule has 62 heavy (non-hydrogen) atoms. The molecule has 0 saturated carbocycles. The monoisotopic (exact) mass is 811 g/mol. The average Bonchev–Trinajstić information content (AvgIpc) is 4.00. The van der Waals surface area contributed by atoms with Gasteiger partial charge in [-0.15, -0.1) is 11.3 Å². The lowest BCUT2D eigenvalue weighted by Gasteiger charge is -2.33. The van der Waals surface area contributed by atoms with Crippen LogP contribution in [0, 0.1) is 0 Å². The summed E-state index contributed by atoms with van der Waals surface area (Å²) >= 11 is 1.84. The molecule has 1 aromatic heterocycles. The van der Waals surface area contributed by atoms with Gasteiger partial charge in [0.1, 0.15) is 0 Å². The fourth-order valence-electron chi connectivity index (χ4n) is 11.5. The molecule has 0 N–H and O–H groups in total. The molecule has 3 aliphatic carbocycles. The maximum Gasteiger partial charge on any atom is 0.194 e.